The lowest BCUT2D eigenvalue weighted by molar-refractivity contribution is 0.620. The van der Waals surface area contributed by atoms with Gasteiger partial charge >= 0.3 is 0 Å². The Morgan fingerprint density at radius 2 is 1.22 bits per heavy atom. The molecule has 1 aliphatic carbocycles. The number of furan rings is 1. The van der Waals surface area contributed by atoms with Crippen LogP contribution >= 0.6 is 11.3 Å². The smallest absolute Gasteiger partial charge is 0.227 e. The molecule has 0 bridgehead atoms. The third-order valence-electron chi connectivity index (χ3n) is 10.7. The molecule has 0 amide bonds. The third kappa shape index (κ3) is 4.22. The topological polar surface area (TPSA) is 42.4 Å². The average molecular weight is 675 g/mol. The molecule has 242 valence electrons. The third-order valence-corrected chi connectivity index (χ3v) is 11.8. The van der Waals surface area contributed by atoms with Crippen molar-refractivity contribution >= 4 is 81.6 Å². The minimum atomic E-state index is -0.0632. The molecule has 5 heteroatoms. The average Bonchev–Trinajstić information content (AvgIpc) is 3.91. The Morgan fingerprint density at radius 3 is 2.14 bits per heavy atom. The number of oxazole rings is 1. The Kier molecular flexibility index (Phi) is 5.85. The summed E-state index contributed by atoms with van der Waals surface area (Å²) >= 11 is 1.84. The van der Waals surface area contributed by atoms with Crippen molar-refractivity contribution in [1.29, 1.82) is 0 Å². The lowest BCUT2D eigenvalue weighted by Crippen LogP contribution is -2.15. The zero-order valence-electron chi connectivity index (χ0n) is 28.0. The molecule has 3 aromatic heterocycles. The number of nitrogens with zero attached hydrogens (tertiary/aromatic N) is 2. The highest BCUT2D eigenvalue weighted by Gasteiger charge is 2.35. The fraction of sp³-hybridized carbons (Fsp3) is 0.0652. The number of rotatable bonds is 4. The molecule has 0 unspecified atom stereocenters. The van der Waals surface area contributed by atoms with Crippen LogP contribution in [0.2, 0.25) is 0 Å². The Labute approximate surface area is 297 Å². The van der Waals surface area contributed by atoms with E-state index in [0.29, 0.717) is 5.89 Å². The molecule has 11 rings (SSSR count). The van der Waals surface area contributed by atoms with Crippen molar-refractivity contribution in [2.24, 2.45) is 0 Å². The van der Waals surface area contributed by atoms with Crippen LogP contribution in [0.15, 0.2) is 154 Å². The summed E-state index contributed by atoms with van der Waals surface area (Å²) in [5.41, 5.74) is 12.6. The summed E-state index contributed by atoms with van der Waals surface area (Å²) in [6, 6.07) is 51.9. The van der Waals surface area contributed by atoms with E-state index in [4.69, 9.17) is 13.8 Å². The van der Waals surface area contributed by atoms with Crippen molar-refractivity contribution in [3.05, 3.63) is 157 Å². The highest BCUT2D eigenvalue weighted by Crippen LogP contribution is 2.51. The zero-order valence-corrected chi connectivity index (χ0v) is 28.8. The second-order valence-electron chi connectivity index (χ2n) is 14.0. The van der Waals surface area contributed by atoms with Crippen LogP contribution in [0.1, 0.15) is 25.0 Å². The molecule has 0 N–H and O–H groups in total. The van der Waals surface area contributed by atoms with E-state index >= 15 is 0 Å². The maximum Gasteiger partial charge on any atom is 0.227 e. The molecule has 0 spiro atoms. The van der Waals surface area contributed by atoms with Crippen LogP contribution in [0, 0.1) is 0 Å². The van der Waals surface area contributed by atoms with Gasteiger partial charge in [-0.05, 0) is 89.0 Å². The van der Waals surface area contributed by atoms with E-state index in [1.807, 2.05) is 47.7 Å². The Hall–Kier alpha value is -6.17. The summed E-state index contributed by atoms with van der Waals surface area (Å²) in [7, 11) is 0. The van der Waals surface area contributed by atoms with Crippen LogP contribution in [-0.2, 0) is 5.41 Å². The first-order valence-electron chi connectivity index (χ1n) is 17.3. The molecule has 0 atom stereocenters. The highest BCUT2D eigenvalue weighted by molar-refractivity contribution is 7.25. The summed E-state index contributed by atoms with van der Waals surface area (Å²) in [5.74, 6) is 0.604. The quantitative estimate of drug-likeness (QED) is 0.186. The van der Waals surface area contributed by atoms with Crippen molar-refractivity contribution in [3.8, 4) is 22.6 Å². The van der Waals surface area contributed by atoms with Gasteiger partial charge in [0.1, 0.15) is 16.7 Å². The predicted octanol–water partition coefficient (Wildman–Crippen LogP) is 13.5. The maximum atomic E-state index is 6.44. The number of benzene rings is 7. The van der Waals surface area contributed by atoms with Gasteiger partial charge in [-0.2, -0.15) is 0 Å². The van der Waals surface area contributed by atoms with Gasteiger partial charge in [-0.25, -0.2) is 4.98 Å². The first-order chi connectivity index (χ1) is 25.0. The molecule has 0 saturated carbocycles. The molecule has 1 aliphatic rings. The number of aromatic nitrogens is 1. The van der Waals surface area contributed by atoms with Crippen molar-refractivity contribution < 1.29 is 8.83 Å². The van der Waals surface area contributed by atoms with Gasteiger partial charge in [0.25, 0.3) is 0 Å². The first-order valence-corrected chi connectivity index (χ1v) is 18.1. The van der Waals surface area contributed by atoms with Gasteiger partial charge in [-0.1, -0.05) is 86.6 Å². The summed E-state index contributed by atoms with van der Waals surface area (Å²) in [4.78, 5) is 7.18. The lowest BCUT2D eigenvalue weighted by atomic mass is 9.82. The Morgan fingerprint density at radius 1 is 0.510 bits per heavy atom. The van der Waals surface area contributed by atoms with Gasteiger partial charge < -0.3 is 13.7 Å². The summed E-state index contributed by atoms with van der Waals surface area (Å²) in [6.07, 6.45) is 0. The molecule has 7 aromatic carbocycles. The second kappa shape index (κ2) is 10.4. The van der Waals surface area contributed by atoms with Crippen LogP contribution in [0.3, 0.4) is 0 Å². The van der Waals surface area contributed by atoms with Crippen LogP contribution in [0.4, 0.5) is 17.1 Å². The number of fused-ring (bicyclic) bond motifs is 10. The highest BCUT2D eigenvalue weighted by atomic mass is 32.1. The van der Waals surface area contributed by atoms with E-state index < -0.39 is 0 Å². The molecule has 10 aromatic rings. The van der Waals surface area contributed by atoms with E-state index in [2.05, 4.69) is 128 Å². The van der Waals surface area contributed by atoms with E-state index in [1.165, 1.54) is 42.4 Å². The SMILES string of the molecule is CC1(C)c2ccccc2-c2cc(N(c3ccc4c(c3)sc3ccccc34)c3ccc4oc5cc6nc(-c7ccccc7)oc6cc5c4c3)ccc21. The van der Waals surface area contributed by atoms with Crippen molar-refractivity contribution in [2.75, 3.05) is 4.90 Å². The van der Waals surface area contributed by atoms with Gasteiger partial charge in [-0.3, -0.25) is 0 Å². The summed E-state index contributed by atoms with van der Waals surface area (Å²) < 4.78 is 15.3. The molecule has 0 saturated heterocycles. The van der Waals surface area contributed by atoms with Crippen LogP contribution in [0.5, 0.6) is 0 Å². The normalized spacial score (nSPS) is 13.5. The van der Waals surface area contributed by atoms with Crippen LogP contribution in [-0.4, -0.2) is 4.98 Å². The van der Waals surface area contributed by atoms with Gasteiger partial charge in [0.05, 0.1) is 0 Å². The Balaban J connectivity index is 1.12. The first kappa shape index (κ1) is 28.6. The molecule has 0 aliphatic heterocycles. The summed E-state index contributed by atoms with van der Waals surface area (Å²) in [5, 5.41) is 4.61. The van der Waals surface area contributed by atoms with E-state index in [0.717, 1.165) is 55.7 Å². The predicted molar refractivity (Wildman–Crippen MR) is 212 cm³/mol. The number of hydrogen-bond donors (Lipinski definition) is 0. The van der Waals surface area contributed by atoms with E-state index in [-0.39, 0.29) is 5.41 Å². The van der Waals surface area contributed by atoms with Crippen molar-refractivity contribution in [3.63, 3.8) is 0 Å². The van der Waals surface area contributed by atoms with Crippen LogP contribution in [0.25, 0.3) is 75.8 Å². The van der Waals surface area contributed by atoms with Gasteiger partial charge in [-0.15, -0.1) is 11.3 Å². The molecule has 3 heterocycles. The Bertz CT molecular complexity index is 3020. The fourth-order valence-corrected chi connectivity index (χ4v) is 9.32. The van der Waals surface area contributed by atoms with Crippen molar-refractivity contribution in [1.82, 2.24) is 4.98 Å². The maximum absolute atomic E-state index is 6.44. The molecular weight excluding hydrogens is 645 g/mol. The molecule has 0 radical (unpaired) electrons. The second-order valence-corrected chi connectivity index (χ2v) is 15.1. The van der Waals surface area contributed by atoms with Crippen LogP contribution < -0.4 is 4.90 Å². The van der Waals surface area contributed by atoms with Crippen molar-refractivity contribution in [2.45, 2.75) is 19.3 Å². The molecule has 4 nitrogen and oxygen atoms in total. The molecule has 0 fully saturated rings. The lowest BCUT2D eigenvalue weighted by Gasteiger charge is -2.27. The van der Waals surface area contributed by atoms with Gasteiger partial charge in [0.15, 0.2) is 5.58 Å². The van der Waals surface area contributed by atoms with Gasteiger partial charge in [0.2, 0.25) is 5.89 Å². The number of anilines is 3. The molecule has 51 heavy (non-hydrogen) atoms. The number of hydrogen-bond acceptors (Lipinski definition) is 5. The number of thiophene rings is 1. The minimum absolute atomic E-state index is 0.0632. The monoisotopic (exact) mass is 674 g/mol. The van der Waals surface area contributed by atoms with Gasteiger partial charge in [0, 0.05) is 65.1 Å². The standard InChI is InChI=1S/C46H30N2O2S/c1-46(2)37-14-8-6-12-31(37)34-22-28(17-20-38(34)46)48(30-16-19-33-32-13-7-9-15-43(32)51-44(33)24-30)29-18-21-40-35(23-29)36-25-42-39(26-41(36)49-40)47-45(50-42)27-10-4-3-5-11-27/h3-26H,1-2H3. The summed E-state index contributed by atoms with van der Waals surface area (Å²) in [6.45, 7) is 4.66. The van der Waals surface area contributed by atoms with E-state index in [1.54, 1.807) is 0 Å². The van der Waals surface area contributed by atoms with E-state index in [9.17, 15) is 0 Å². The fourth-order valence-electron chi connectivity index (χ4n) is 8.18. The minimum Gasteiger partial charge on any atom is -0.456 e. The molecular formula is C46H30N2O2S. The zero-order chi connectivity index (χ0) is 33.8. The largest absolute Gasteiger partial charge is 0.456 e.